The number of amides is 2. The predicted octanol–water partition coefficient (Wildman–Crippen LogP) is 4.19. The molecule has 1 aromatic carbocycles. The van der Waals surface area contributed by atoms with Crippen LogP contribution < -0.4 is 5.32 Å². The lowest BCUT2D eigenvalue weighted by Crippen LogP contribution is -2.65. The van der Waals surface area contributed by atoms with Crippen molar-refractivity contribution in [1.82, 2.24) is 30.1 Å². The van der Waals surface area contributed by atoms with E-state index < -0.39 is 12.1 Å². The van der Waals surface area contributed by atoms with Gasteiger partial charge in [0, 0.05) is 69.5 Å². The van der Waals surface area contributed by atoms with Crippen LogP contribution in [0.2, 0.25) is 0 Å². The van der Waals surface area contributed by atoms with Crippen molar-refractivity contribution in [2.45, 2.75) is 65.2 Å². The van der Waals surface area contributed by atoms with Crippen LogP contribution in [0.4, 0.5) is 4.39 Å². The summed E-state index contributed by atoms with van der Waals surface area (Å²) in [5.74, 6) is -0.297. The maximum Gasteiger partial charge on any atom is 0.244 e. The molecule has 3 heterocycles. The number of carbonyl (C=O) groups is 2. The first kappa shape index (κ1) is 31.2. The number of carbonyl (C=O) groups excluding carboxylic acids is 2. The van der Waals surface area contributed by atoms with E-state index >= 15 is 4.39 Å². The highest BCUT2D eigenvalue weighted by atomic mass is 19.1. The topological polar surface area (TPSA) is 101 Å². The van der Waals surface area contributed by atoms with Crippen molar-refractivity contribution in [1.29, 1.82) is 0 Å². The van der Waals surface area contributed by atoms with Crippen LogP contribution in [0, 0.1) is 11.7 Å². The first-order valence-electron chi connectivity index (χ1n) is 14.6. The van der Waals surface area contributed by atoms with E-state index in [9.17, 15) is 9.59 Å². The maximum absolute atomic E-state index is 15.5. The van der Waals surface area contributed by atoms with Crippen molar-refractivity contribution in [2.75, 3.05) is 26.8 Å². The number of pyridine rings is 1. The second-order valence-electron chi connectivity index (χ2n) is 11.0. The average Bonchev–Trinajstić information content (AvgIpc) is 3.00. The summed E-state index contributed by atoms with van der Waals surface area (Å²) < 4.78 is 20.9. The van der Waals surface area contributed by atoms with Crippen molar-refractivity contribution in [3.63, 3.8) is 0 Å². The number of ether oxygens (including phenoxy) is 1. The highest BCUT2D eigenvalue weighted by Gasteiger charge is 2.42. The van der Waals surface area contributed by atoms with E-state index in [-0.39, 0.29) is 36.1 Å². The lowest BCUT2D eigenvalue weighted by molar-refractivity contribution is -0.151. The minimum atomic E-state index is -0.747. The monoisotopic (exact) mass is 576 g/mol. The van der Waals surface area contributed by atoms with Gasteiger partial charge in [-0.2, -0.15) is 0 Å². The number of methoxy groups -OCH3 is 1. The Kier molecular flexibility index (Phi) is 10.7. The summed E-state index contributed by atoms with van der Waals surface area (Å²) in [6, 6.07) is 9.74. The zero-order valence-corrected chi connectivity index (χ0v) is 25.1. The number of hydrogen-bond acceptors (Lipinski definition) is 7. The molecule has 0 bridgehead atoms. The molecular weight excluding hydrogens is 535 g/mol. The molecule has 10 heteroatoms. The van der Waals surface area contributed by atoms with Crippen molar-refractivity contribution < 1.29 is 18.7 Å². The molecule has 1 N–H and O–H groups in total. The average molecular weight is 577 g/mol. The van der Waals surface area contributed by atoms with Gasteiger partial charge in [-0.3, -0.25) is 19.5 Å². The number of halogens is 1. The van der Waals surface area contributed by atoms with Crippen LogP contribution >= 0.6 is 0 Å². The number of nitrogens with one attached hydrogen (secondary N) is 1. The van der Waals surface area contributed by atoms with E-state index in [1.807, 2.05) is 52.0 Å². The quantitative estimate of drug-likeness (QED) is 0.365. The third-order valence-electron chi connectivity index (χ3n) is 7.74. The fourth-order valence-corrected chi connectivity index (χ4v) is 5.51. The maximum atomic E-state index is 15.5. The summed E-state index contributed by atoms with van der Waals surface area (Å²) in [5, 5.41) is 3.04. The van der Waals surface area contributed by atoms with E-state index in [0.29, 0.717) is 49.6 Å². The summed E-state index contributed by atoms with van der Waals surface area (Å²) in [6.07, 6.45) is 6.08. The predicted molar refractivity (Wildman–Crippen MR) is 159 cm³/mol. The number of hydrogen-bond donors (Lipinski definition) is 1. The number of aromatic nitrogens is 3. The molecular formula is C32H41FN6O3. The van der Waals surface area contributed by atoms with Crippen molar-refractivity contribution in [3.8, 4) is 11.4 Å². The largest absolute Gasteiger partial charge is 0.385 e. The second-order valence-corrected chi connectivity index (χ2v) is 11.0. The molecule has 3 aromatic rings. The number of piperazine rings is 1. The van der Waals surface area contributed by atoms with Crippen LogP contribution in [0.15, 0.2) is 55.0 Å². The van der Waals surface area contributed by atoms with Gasteiger partial charge in [-0.1, -0.05) is 45.0 Å². The highest BCUT2D eigenvalue weighted by Crippen LogP contribution is 2.31. The fourth-order valence-electron chi connectivity index (χ4n) is 5.51. The molecule has 9 nitrogen and oxygen atoms in total. The molecule has 3 atom stereocenters. The van der Waals surface area contributed by atoms with Crippen molar-refractivity contribution >= 4 is 11.8 Å². The standard InChI is InChI=1S/C32H41FN6O3/c1-6-24-12-16-34-29(28(24)33)26(13-17-42-5)38-19-22(4)39(32(41)21(2)3)27(20-38)31(40)37-18-23-8-10-25(11-9-23)30-35-14-7-15-36-30/h7-12,14-16,21-22,26-27H,6,13,17-20H2,1-5H3,(H,37,40)/t22-,26-,27-/m1/s1. The zero-order chi connectivity index (χ0) is 30.2. The number of benzene rings is 1. The summed E-state index contributed by atoms with van der Waals surface area (Å²) in [7, 11) is 1.61. The summed E-state index contributed by atoms with van der Waals surface area (Å²) >= 11 is 0. The minimum Gasteiger partial charge on any atom is -0.385 e. The van der Waals surface area contributed by atoms with Crippen LogP contribution in [0.3, 0.4) is 0 Å². The van der Waals surface area contributed by atoms with Gasteiger partial charge >= 0.3 is 0 Å². The highest BCUT2D eigenvalue weighted by molar-refractivity contribution is 5.89. The van der Waals surface area contributed by atoms with E-state index in [4.69, 9.17) is 4.74 Å². The van der Waals surface area contributed by atoms with Gasteiger partial charge in [0.1, 0.15) is 11.9 Å². The zero-order valence-electron chi connectivity index (χ0n) is 25.1. The van der Waals surface area contributed by atoms with Crippen LogP contribution in [0.5, 0.6) is 0 Å². The number of nitrogens with zero attached hydrogens (tertiary/aromatic N) is 5. The molecule has 0 spiro atoms. The van der Waals surface area contributed by atoms with E-state index in [1.54, 1.807) is 42.7 Å². The van der Waals surface area contributed by atoms with Gasteiger partial charge in [-0.05, 0) is 43.0 Å². The number of aryl methyl sites for hydroxylation is 1. The van der Waals surface area contributed by atoms with Crippen LogP contribution in [0.1, 0.15) is 57.0 Å². The van der Waals surface area contributed by atoms with Gasteiger partial charge in [0.25, 0.3) is 0 Å². The van der Waals surface area contributed by atoms with Gasteiger partial charge in [0.2, 0.25) is 11.8 Å². The Hall–Kier alpha value is -3.76. The Balaban J connectivity index is 1.57. The molecule has 1 aliphatic heterocycles. The molecule has 0 aliphatic carbocycles. The van der Waals surface area contributed by atoms with Crippen molar-refractivity contribution in [3.05, 3.63) is 77.6 Å². The molecule has 0 radical (unpaired) electrons. The first-order valence-corrected chi connectivity index (χ1v) is 14.6. The Morgan fingerprint density at radius 1 is 1.07 bits per heavy atom. The Morgan fingerprint density at radius 3 is 2.43 bits per heavy atom. The normalized spacial score (nSPS) is 18.2. The van der Waals surface area contributed by atoms with Crippen LogP contribution in [0.25, 0.3) is 11.4 Å². The fraction of sp³-hybridized carbons (Fsp3) is 0.469. The Morgan fingerprint density at radius 2 is 1.79 bits per heavy atom. The van der Waals surface area contributed by atoms with Crippen molar-refractivity contribution in [2.24, 2.45) is 5.92 Å². The Labute approximate surface area is 247 Å². The number of rotatable bonds is 11. The van der Waals surface area contributed by atoms with Gasteiger partial charge in [-0.25, -0.2) is 14.4 Å². The van der Waals surface area contributed by atoms with Gasteiger partial charge in [0.05, 0.1) is 11.7 Å². The summed E-state index contributed by atoms with van der Waals surface area (Å²) in [6.45, 7) is 8.97. The van der Waals surface area contributed by atoms with Crippen LogP contribution in [-0.2, 0) is 27.3 Å². The lowest BCUT2D eigenvalue weighted by atomic mass is 9.97. The second kappa shape index (κ2) is 14.4. The molecule has 0 saturated carbocycles. The van der Waals surface area contributed by atoms with Gasteiger partial charge in [-0.15, -0.1) is 0 Å². The molecule has 0 unspecified atom stereocenters. The lowest BCUT2D eigenvalue weighted by Gasteiger charge is -2.47. The molecule has 1 fully saturated rings. The minimum absolute atomic E-state index is 0.0831. The molecule has 224 valence electrons. The Bertz CT molecular complexity index is 1340. The molecule has 2 amide bonds. The summed E-state index contributed by atoms with van der Waals surface area (Å²) in [4.78, 5) is 43.9. The van der Waals surface area contributed by atoms with E-state index in [2.05, 4.69) is 25.2 Å². The first-order chi connectivity index (χ1) is 20.2. The smallest absolute Gasteiger partial charge is 0.244 e. The molecule has 4 rings (SSSR count). The molecule has 1 saturated heterocycles. The summed E-state index contributed by atoms with van der Waals surface area (Å²) in [5.41, 5.74) is 2.74. The third kappa shape index (κ3) is 7.17. The third-order valence-corrected chi connectivity index (χ3v) is 7.74. The van der Waals surface area contributed by atoms with Gasteiger partial charge in [0.15, 0.2) is 5.82 Å². The van der Waals surface area contributed by atoms with Gasteiger partial charge < -0.3 is 15.0 Å². The van der Waals surface area contributed by atoms with E-state index in [0.717, 1.165) is 11.1 Å². The molecule has 42 heavy (non-hydrogen) atoms. The SMILES string of the molecule is CCc1ccnc([C@@H](CCOC)N2C[C@@H](C)N(C(=O)C(C)C)[C@@H](C(=O)NCc3ccc(-c4ncccn4)cc3)C2)c1F. The molecule has 1 aliphatic rings. The molecule has 2 aromatic heterocycles. The van der Waals surface area contributed by atoms with Crippen LogP contribution in [-0.4, -0.2) is 75.5 Å². The van der Waals surface area contributed by atoms with E-state index in [1.165, 1.54) is 0 Å².